The lowest BCUT2D eigenvalue weighted by Gasteiger charge is -2.24. The van der Waals surface area contributed by atoms with Gasteiger partial charge in [-0.2, -0.15) is 0 Å². The smallest absolute Gasteiger partial charge is 0.325 e. The molecule has 3 aromatic rings. The summed E-state index contributed by atoms with van der Waals surface area (Å²) in [6.45, 7) is 1.33. The zero-order chi connectivity index (χ0) is 25.3. The number of nitrogens with zero attached hydrogens (tertiary/aromatic N) is 1. The van der Waals surface area contributed by atoms with Crippen LogP contribution in [0.15, 0.2) is 72.8 Å². The van der Waals surface area contributed by atoms with Crippen LogP contribution in [-0.2, 0) is 28.0 Å². The van der Waals surface area contributed by atoms with Gasteiger partial charge in [-0.05, 0) is 66.1 Å². The van der Waals surface area contributed by atoms with Gasteiger partial charge >= 0.3 is 6.03 Å². The summed E-state index contributed by atoms with van der Waals surface area (Å²) < 4.78 is 5.25. The lowest BCUT2D eigenvalue weighted by atomic mass is 9.89. The minimum Gasteiger partial charge on any atom is -0.497 e. The van der Waals surface area contributed by atoms with Crippen LogP contribution in [0.2, 0.25) is 0 Å². The van der Waals surface area contributed by atoms with Crippen LogP contribution in [0.3, 0.4) is 0 Å². The molecule has 0 bridgehead atoms. The quantitative estimate of drug-likeness (QED) is 0.500. The zero-order valence-electron chi connectivity index (χ0n) is 20.4. The summed E-state index contributed by atoms with van der Waals surface area (Å²) in [5.41, 5.74) is 3.79. The second-order valence-corrected chi connectivity index (χ2v) is 9.47. The second-order valence-electron chi connectivity index (χ2n) is 9.47. The van der Waals surface area contributed by atoms with Gasteiger partial charge in [0.2, 0.25) is 5.91 Å². The summed E-state index contributed by atoms with van der Waals surface area (Å²) in [6, 6.07) is 21.9. The van der Waals surface area contributed by atoms with E-state index in [9.17, 15) is 14.4 Å². The van der Waals surface area contributed by atoms with E-state index in [4.69, 9.17) is 4.74 Å². The Morgan fingerprint density at radius 1 is 1.00 bits per heavy atom. The van der Waals surface area contributed by atoms with Crippen molar-refractivity contribution in [3.05, 3.63) is 101 Å². The molecule has 2 unspecified atom stereocenters. The summed E-state index contributed by atoms with van der Waals surface area (Å²) >= 11 is 0. The maximum Gasteiger partial charge on any atom is 0.325 e. The van der Waals surface area contributed by atoms with Crippen molar-refractivity contribution in [2.24, 2.45) is 0 Å². The van der Waals surface area contributed by atoms with Crippen LogP contribution in [0, 0.1) is 0 Å². The molecule has 1 aliphatic heterocycles. The standard InChI is InChI=1S/C29H29N3O4/c1-29(23-14-11-19-9-6-10-22(19)17-23)27(34)32(28(35)31-29)18-25(33)30-26(20-7-4-3-5-8-20)21-12-15-24(36-2)16-13-21/h3-5,7-8,11-17,26H,6,9-10,18H2,1-2H3,(H,30,33)(H,31,35). The molecular weight excluding hydrogens is 454 g/mol. The van der Waals surface area contributed by atoms with Crippen LogP contribution in [0.4, 0.5) is 4.79 Å². The first-order valence-electron chi connectivity index (χ1n) is 12.1. The van der Waals surface area contributed by atoms with Crippen molar-refractivity contribution in [3.8, 4) is 5.75 Å². The molecule has 7 nitrogen and oxygen atoms in total. The maximum atomic E-state index is 13.4. The first kappa shape index (κ1) is 23.6. The minimum atomic E-state index is -1.20. The Morgan fingerprint density at radius 2 is 1.69 bits per heavy atom. The van der Waals surface area contributed by atoms with Gasteiger partial charge in [0, 0.05) is 0 Å². The number of aryl methyl sites for hydroxylation is 2. The first-order valence-corrected chi connectivity index (χ1v) is 12.1. The summed E-state index contributed by atoms with van der Waals surface area (Å²) in [6.07, 6.45) is 3.11. The van der Waals surface area contributed by atoms with E-state index in [-0.39, 0.29) is 6.54 Å². The van der Waals surface area contributed by atoms with Crippen LogP contribution in [0.25, 0.3) is 0 Å². The molecule has 2 atom stereocenters. The van der Waals surface area contributed by atoms with Crippen LogP contribution >= 0.6 is 0 Å². The molecule has 1 fully saturated rings. The number of methoxy groups -OCH3 is 1. The van der Waals surface area contributed by atoms with Gasteiger partial charge in [-0.3, -0.25) is 14.5 Å². The number of urea groups is 1. The third-order valence-electron chi connectivity index (χ3n) is 7.14. The van der Waals surface area contributed by atoms with Gasteiger partial charge in [-0.1, -0.05) is 60.7 Å². The fourth-order valence-electron chi connectivity index (χ4n) is 5.07. The van der Waals surface area contributed by atoms with E-state index < -0.39 is 29.4 Å². The highest BCUT2D eigenvalue weighted by Crippen LogP contribution is 2.32. The van der Waals surface area contributed by atoms with Crippen LogP contribution in [0.1, 0.15) is 47.2 Å². The number of carbonyl (C=O) groups excluding carboxylic acids is 3. The molecule has 7 heteroatoms. The fraction of sp³-hybridized carbons (Fsp3) is 0.276. The molecule has 1 saturated heterocycles. The molecule has 36 heavy (non-hydrogen) atoms. The summed E-state index contributed by atoms with van der Waals surface area (Å²) in [5, 5.41) is 5.82. The van der Waals surface area contributed by atoms with Gasteiger partial charge in [0.25, 0.3) is 5.91 Å². The molecule has 184 valence electrons. The average Bonchev–Trinajstić information content (AvgIpc) is 3.46. The van der Waals surface area contributed by atoms with E-state index in [1.54, 1.807) is 14.0 Å². The Kier molecular flexibility index (Phi) is 6.22. The number of hydrogen-bond acceptors (Lipinski definition) is 4. The fourth-order valence-corrected chi connectivity index (χ4v) is 5.07. The molecule has 0 saturated carbocycles. The van der Waals surface area contributed by atoms with E-state index in [0.29, 0.717) is 5.75 Å². The largest absolute Gasteiger partial charge is 0.497 e. The Bertz CT molecular complexity index is 1310. The van der Waals surface area contributed by atoms with Crippen molar-refractivity contribution in [3.63, 3.8) is 0 Å². The van der Waals surface area contributed by atoms with E-state index in [1.807, 2.05) is 72.8 Å². The molecule has 5 rings (SSSR count). The van der Waals surface area contributed by atoms with Crippen molar-refractivity contribution in [1.82, 2.24) is 15.5 Å². The third-order valence-corrected chi connectivity index (χ3v) is 7.14. The van der Waals surface area contributed by atoms with Crippen LogP contribution in [-0.4, -0.2) is 36.4 Å². The van der Waals surface area contributed by atoms with Crippen molar-refractivity contribution in [2.75, 3.05) is 13.7 Å². The number of ether oxygens (including phenoxy) is 1. The number of rotatable bonds is 7. The normalized spacial score (nSPS) is 19.6. The molecule has 0 spiro atoms. The number of amides is 4. The van der Waals surface area contributed by atoms with Gasteiger partial charge < -0.3 is 15.4 Å². The molecule has 2 aliphatic rings. The predicted molar refractivity (Wildman–Crippen MR) is 135 cm³/mol. The summed E-state index contributed by atoms with van der Waals surface area (Å²) in [7, 11) is 1.60. The molecule has 3 aromatic carbocycles. The monoisotopic (exact) mass is 483 g/mol. The number of nitrogens with one attached hydrogen (secondary N) is 2. The highest BCUT2D eigenvalue weighted by molar-refractivity contribution is 6.09. The Labute approximate surface area is 210 Å². The lowest BCUT2D eigenvalue weighted by Crippen LogP contribution is -2.44. The predicted octanol–water partition coefficient (Wildman–Crippen LogP) is 3.86. The second kappa shape index (κ2) is 9.49. The Morgan fingerprint density at radius 3 is 2.42 bits per heavy atom. The number of fused-ring (bicyclic) bond motifs is 1. The molecular formula is C29H29N3O4. The van der Waals surface area contributed by atoms with Crippen molar-refractivity contribution < 1.29 is 19.1 Å². The number of imide groups is 1. The Balaban J connectivity index is 1.35. The van der Waals surface area contributed by atoms with E-state index in [2.05, 4.69) is 10.6 Å². The van der Waals surface area contributed by atoms with Crippen LogP contribution < -0.4 is 15.4 Å². The Hall–Kier alpha value is -4.13. The van der Waals surface area contributed by atoms with Crippen LogP contribution in [0.5, 0.6) is 5.75 Å². The van der Waals surface area contributed by atoms with E-state index in [0.717, 1.165) is 40.9 Å². The highest BCUT2D eigenvalue weighted by atomic mass is 16.5. The molecule has 1 aliphatic carbocycles. The average molecular weight is 484 g/mol. The summed E-state index contributed by atoms with van der Waals surface area (Å²) in [4.78, 5) is 40.4. The molecule has 4 amide bonds. The van der Waals surface area contributed by atoms with Gasteiger partial charge in [-0.15, -0.1) is 0 Å². The number of hydrogen-bond donors (Lipinski definition) is 2. The SMILES string of the molecule is COc1ccc(C(NC(=O)CN2C(=O)NC(C)(c3ccc4c(c3)CCC4)C2=O)c2ccccc2)cc1. The lowest BCUT2D eigenvalue weighted by molar-refractivity contribution is -0.135. The topological polar surface area (TPSA) is 87.7 Å². The van der Waals surface area contributed by atoms with Gasteiger partial charge in [-0.25, -0.2) is 4.79 Å². The third kappa shape index (κ3) is 4.33. The van der Waals surface area contributed by atoms with Crippen molar-refractivity contribution in [2.45, 2.75) is 37.8 Å². The molecule has 0 radical (unpaired) electrons. The molecule has 0 aromatic heterocycles. The van der Waals surface area contributed by atoms with Crippen molar-refractivity contribution >= 4 is 17.8 Å². The zero-order valence-corrected chi connectivity index (χ0v) is 20.4. The molecule has 2 N–H and O–H groups in total. The van der Waals surface area contributed by atoms with E-state index in [1.165, 1.54) is 11.1 Å². The highest BCUT2D eigenvalue weighted by Gasteiger charge is 2.49. The van der Waals surface area contributed by atoms with Gasteiger partial charge in [0.05, 0.1) is 13.2 Å². The maximum absolute atomic E-state index is 13.4. The van der Waals surface area contributed by atoms with Crippen molar-refractivity contribution in [1.29, 1.82) is 0 Å². The molecule has 1 heterocycles. The minimum absolute atomic E-state index is 0.370. The number of carbonyl (C=O) groups is 3. The van der Waals surface area contributed by atoms with E-state index >= 15 is 0 Å². The van der Waals surface area contributed by atoms with Gasteiger partial charge in [0.1, 0.15) is 17.8 Å². The number of benzene rings is 3. The van der Waals surface area contributed by atoms with Gasteiger partial charge in [0.15, 0.2) is 0 Å². The first-order chi connectivity index (χ1) is 17.4. The summed E-state index contributed by atoms with van der Waals surface area (Å²) in [5.74, 6) is -0.148.